The molecule has 0 aromatic heterocycles. The first-order valence-corrected chi connectivity index (χ1v) is 13.7. The van der Waals surface area contributed by atoms with Gasteiger partial charge in [0, 0.05) is 16.7 Å². The maximum Gasteiger partial charge on any atom is 0.510 e. The lowest BCUT2D eigenvalue weighted by atomic mass is 9.44. The number of fused-ring (bicyclic) bond motifs is 5. The van der Waals surface area contributed by atoms with Gasteiger partial charge in [0.25, 0.3) is 0 Å². The predicted molar refractivity (Wildman–Crippen MR) is 138 cm³/mol. The standard InChI is InChI=1S/C29H37FO11/c1-16-11-20-19-6-5-17-12-18(31)9-10-26(17,2)28(19,30)21(32)13-27(20,3)29(16,37)22(33)14-39-23(34)7-8-24(35)40-15-41-25(36)38-4/h9-10,12,16,19-21,32,37H,5-8,11,13-15H2,1-4H3/t16-,19+,20+,21+,26+,27+,28+,29+/m1/s1. The molecule has 0 bridgehead atoms. The number of rotatable bonds is 8. The molecule has 0 aromatic carbocycles. The maximum atomic E-state index is 17.2. The van der Waals surface area contributed by atoms with Crippen molar-refractivity contribution in [1.82, 2.24) is 0 Å². The number of ketones is 2. The Morgan fingerprint density at radius 1 is 1.07 bits per heavy atom. The first-order chi connectivity index (χ1) is 19.1. The first kappa shape index (κ1) is 30.8. The number of ether oxygens (including phenoxy) is 4. The van der Waals surface area contributed by atoms with E-state index in [1.807, 2.05) is 0 Å². The van der Waals surface area contributed by atoms with Crippen molar-refractivity contribution in [1.29, 1.82) is 0 Å². The lowest BCUT2D eigenvalue weighted by Gasteiger charge is -2.62. The van der Waals surface area contributed by atoms with Crippen LogP contribution in [0.3, 0.4) is 0 Å². The molecule has 0 unspecified atom stereocenters. The van der Waals surface area contributed by atoms with E-state index < -0.39 is 96.1 Å². The molecular formula is C29H37FO11. The molecule has 226 valence electrons. The number of carbonyl (C=O) groups excluding carboxylic acids is 5. The molecule has 11 nitrogen and oxygen atoms in total. The van der Waals surface area contributed by atoms with E-state index in [-0.39, 0.29) is 12.2 Å². The number of halogens is 1. The number of Topliss-reactive ketones (excluding diaryl/α,β-unsaturated/α-hetero) is 1. The molecule has 0 saturated heterocycles. The molecule has 8 atom stereocenters. The smallest absolute Gasteiger partial charge is 0.458 e. The molecule has 3 fully saturated rings. The van der Waals surface area contributed by atoms with Crippen LogP contribution in [0.4, 0.5) is 9.18 Å². The van der Waals surface area contributed by atoms with E-state index in [2.05, 4.69) is 14.2 Å². The number of alkyl halides is 1. The van der Waals surface area contributed by atoms with Crippen molar-refractivity contribution in [3.8, 4) is 0 Å². The molecule has 4 rings (SSSR count). The molecule has 0 radical (unpaired) electrons. The highest BCUT2D eigenvalue weighted by molar-refractivity contribution is 6.01. The average molecular weight is 581 g/mol. The predicted octanol–water partition coefficient (Wildman–Crippen LogP) is 2.51. The van der Waals surface area contributed by atoms with Crippen LogP contribution >= 0.6 is 0 Å². The fraction of sp³-hybridized carbons (Fsp3) is 0.690. The van der Waals surface area contributed by atoms with Crippen LogP contribution in [-0.4, -0.2) is 77.8 Å². The Hall–Kier alpha value is -3.12. The van der Waals surface area contributed by atoms with Crippen molar-refractivity contribution in [3.63, 3.8) is 0 Å². The summed E-state index contributed by atoms with van der Waals surface area (Å²) in [6, 6.07) is 0. The Balaban J connectivity index is 1.43. The van der Waals surface area contributed by atoms with Gasteiger partial charge >= 0.3 is 18.1 Å². The molecule has 12 heteroatoms. The minimum Gasteiger partial charge on any atom is -0.458 e. The summed E-state index contributed by atoms with van der Waals surface area (Å²) >= 11 is 0. The maximum absolute atomic E-state index is 17.2. The van der Waals surface area contributed by atoms with Crippen molar-refractivity contribution in [2.45, 2.75) is 76.7 Å². The van der Waals surface area contributed by atoms with E-state index in [9.17, 15) is 34.2 Å². The van der Waals surface area contributed by atoms with Gasteiger partial charge in [0.2, 0.25) is 12.6 Å². The third kappa shape index (κ3) is 4.78. The van der Waals surface area contributed by atoms with E-state index in [4.69, 9.17) is 4.74 Å². The number of allylic oxidation sites excluding steroid dienone is 4. The summed E-state index contributed by atoms with van der Waals surface area (Å²) in [4.78, 5) is 60.3. The first-order valence-electron chi connectivity index (χ1n) is 13.7. The van der Waals surface area contributed by atoms with E-state index in [1.54, 1.807) is 26.8 Å². The molecule has 3 saturated carbocycles. The van der Waals surface area contributed by atoms with Crippen molar-refractivity contribution in [2.75, 3.05) is 20.5 Å². The number of aliphatic hydroxyl groups excluding tert-OH is 1. The van der Waals surface area contributed by atoms with Gasteiger partial charge in [-0.3, -0.25) is 19.2 Å². The highest BCUT2D eigenvalue weighted by Crippen LogP contribution is 2.70. The topological polar surface area (TPSA) is 163 Å². The molecule has 0 amide bonds. The zero-order valence-electron chi connectivity index (χ0n) is 23.6. The number of hydrogen-bond donors (Lipinski definition) is 2. The minimum absolute atomic E-state index is 0.199. The van der Waals surface area contributed by atoms with Crippen LogP contribution in [0.25, 0.3) is 0 Å². The van der Waals surface area contributed by atoms with Crippen LogP contribution < -0.4 is 0 Å². The van der Waals surface area contributed by atoms with Gasteiger partial charge in [-0.15, -0.1) is 0 Å². The van der Waals surface area contributed by atoms with Gasteiger partial charge in [0.1, 0.15) is 5.60 Å². The summed E-state index contributed by atoms with van der Waals surface area (Å²) in [5, 5.41) is 23.3. The van der Waals surface area contributed by atoms with Crippen LogP contribution in [0.2, 0.25) is 0 Å². The summed E-state index contributed by atoms with van der Waals surface area (Å²) < 4.78 is 35.6. The molecule has 0 heterocycles. The number of esters is 2. The summed E-state index contributed by atoms with van der Waals surface area (Å²) in [5.74, 6) is -4.47. The van der Waals surface area contributed by atoms with Crippen molar-refractivity contribution in [3.05, 3.63) is 23.8 Å². The molecule has 0 aromatic rings. The summed E-state index contributed by atoms with van der Waals surface area (Å²) in [6.45, 7) is 3.61. The van der Waals surface area contributed by atoms with Gasteiger partial charge < -0.3 is 29.2 Å². The Bertz CT molecular complexity index is 1200. The van der Waals surface area contributed by atoms with E-state index >= 15 is 4.39 Å². The van der Waals surface area contributed by atoms with Gasteiger partial charge in [-0.1, -0.05) is 25.5 Å². The molecule has 0 spiro atoms. The molecule has 2 N–H and O–H groups in total. The zero-order valence-corrected chi connectivity index (χ0v) is 23.6. The Kier molecular flexibility index (Phi) is 8.23. The molecule has 41 heavy (non-hydrogen) atoms. The highest BCUT2D eigenvalue weighted by Gasteiger charge is 2.75. The fourth-order valence-electron chi connectivity index (χ4n) is 7.95. The molecule has 0 aliphatic heterocycles. The van der Waals surface area contributed by atoms with E-state index in [1.165, 1.54) is 12.2 Å². The minimum atomic E-state index is -2.10. The Labute approximate surface area is 237 Å². The third-order valence-electron chi connectivity index (χ3n) is 10.1. The summed E-state index contributed by atoms with van der Waals surface area (Å²) in [5.41, 5.74) is -5.86. The zero-order chi connectivity index (χ0) is 30.4. The molecule has 4 aliphatic rings. The van der Waals surface area contributed by atoms with E-state index in [0.717, 1.165) is 7.11 Å². The number of carbonyl (C=O) groups is 5. The van der Waals surface area contributed by atoms with Gasteiger partial charge in [0.05, 0.1) is 26.1 Å². The lowest BCUT2D eigenvalue weighted by Crippen LogP contribution is -2.69. The Morgan fingerprint density at radius 3 is 2.39 bits per heavy atom. The monoisotopic (exact) mass is 580 g/mol. The normalized spacial score (nSPS) is 39.0. The van der Waals surface area contributed by atoms with Gasteiger partial charge in [-0.25, -0.2) is 9.18 Å². The largest absolute Gasteiger partial charge is 0.510 e. The number of aliphatic hydroxyl groups is 2. The SMILES string of the molecule is COC(=O)OCOC(=O)CCC(=O)OCC(=O)[C@@]1(O)[C@H](C)C[C@H]2[C@@H]3CCC4=CC(=O)C=C[C@]4(C)[C@@]3(F)[C@@H](O)C[C@@]21C. The molecule has 4 aliphatic carbocycles. The quantitative estimate of drug-likeness (QED) is 0.246. The van der Waals surface area contributed by atoms with Gasteiger partial charge in [-0.05, 0) is 56.6 Å². The van der Waals surface area contributed by atoms with Crippen molar-refractivity contribution < 1.29 is 57.5 Å². The second-order valence-corrected chi connectivity index (χ2v) is 12.0. The Morgan fingerprint density at radius 2 is 1.73 bits per heavy atom. The van der Waals surface area contributed by atoms with Crippen molar-refractivity contribution >= 4 is 29.7 Å². The second kappa shape index (κ2) is 10.9. The molecular weight excluding hydrogens is 543 g/mol. The van der Waals surface area contributed by atoms with Crippen LogP contribution in [0.5, 0.6) is 0 Å². The summed E-state index contributed by atoms with van der Waals surface area (Å²) in [6.07, 6.45) is 1.85. The summed E-state index contributed by atoms with van der Waals surface area (Å²) in [7, 11) is 1.08. The fourth-order valence-corrected chi connectivity index (χ4v) is 7.95. The highest BCUT2D eigenvalue weighted by atomic mass is 19.1. The van der Waals surface area contributed by atoms with Crippen LogP contribution in [0, 0.1) is 28.6 Å². The van der Waals surface area contributed by atoms with Crippen molar-refractivity contribution in [2.24, 2.45) is 28.6 Å². The third-order valence-corrected chi connectivity index (χ3v) is 10.1. The van der Waals surface area contributed by atoms with Gasteiger partial charge in [-0.2, -0.15) is 0 Å². The second-order valence-electron chi connectivity index (χ2n) is 12.0. The van der Waals surface area contributed by atoms with Crippen LogP contribution in [-0.2, 0) is 38.1 Å². The average Bonchev–Trinajstić information content (AvgIpc) is 3.13. The van der Waals surface area contributed by atoms with Gasteiger partial charge in [0.15, 0.2) is 18.1 Å². The van der Waals surface area contributed by atoms with Crippen LogP contribution in [0.1, 0.15) is 59.3 Å². The lowest BCUT2D eigenvalue weighted by molar-refractivity contribution is -0.220. The number of methoxy groups -OCH3 is 1. The van der Waals surface area contributed by atoms with Crippen LogP contribution in [0.15, 0.2) is 23.8 Å². The number of hydrogen-bond acceptors (Lipinski definition) is 11. The van der Waals surface area contributed by atoms with E-state index in [0.29, 0.717) is 24.8 Å².